The van der Waals surface area contributed by atoms with Crippen LogP contribution in [0.15, 0.2) is 29.1 Å². The van der Waals surface area contributed by atoms with Crippen molar-refractivity contribution >= 4 is 39.2 Å². The minimum atomic E-state index is -1.30. The smallest absolute Gasteiger partial charge is 0.407 e. The lowest BCUT2D eigenvalue weighted by atomic mass is 10.0. The number of hydrogen-bond acceptors (Lipinski definition) is 6. The molecular formula is C18H21BrFN7O2. The van der Waals surface area contributed by atoms with E-state index in [1.54, 1.807) is 23.0 Å². The number of carbonyl (C=O) groups excluding carboxylic acids is 1. The zero-order valence-corrected chi connectivity index (χ0v) is 17.5. The monoisotopic (exact) mass is 465 g/mol. The topological polar surface area (TPSA) is 109 Å². The fourth-order valence-corrected chi connectivity index (χ4v) is 3.86. The highest BCUT2D eigenvalue weighted by Crippen LogP contribution is 2.38. The van der Waals surface area contributed by atoms with Crippen LogP contribution in [0.2, 0.25) is 0 Å². The summed E-state index contributed by atoms with van der Waals surface area (Å²) < 4.78 is 22.5. The van der Waals surface area contributed by atoms with Crippen molar-refractivity contribution in [3.05, 3.63) is 34.8 Å². The molecule has 1 aliphatic carbocycles. The number of amides is 1. The van der Waals surface area contributed by atoms with Gasteiger partial charge in [0.15, 0.2) is 11.6 Å². The van der Waals surface area contributed by atoms with E-state index >= 15 is 0 Å². The van der Waals surface area contributed by atoms with Crippen LogP contribution in [0.5, 0.6) is 0 Å². The minimum absolute atomic E-state index is 0.0616. The van der Waals surface area contributed by atoms with Crippen LogP contribution in [-0.2, 0) is 4.74 Å². The fourth-order valence-electron chi connectivity index (χ4n) is 3.48. The third-order valence-electron chi connectivity index (χ3n) is 4.80. The second kappa shape index (κ2) is 7.97. The first kappa shape index (κ1) is 19.6. The van der Waals surface area contributed by atoms with Gasteiger partial charge in [0, 0.05) is 23.7 Å². The van der Waals surface area contributed by atoms with Crippen molar-refractivity contribution in [1.82, 2.24) is 30.1 Å². The summed E-state index contributed by atoms with van der Waals surface area (Å²) in [5.41, 5.74) is 1.43. The Hall–Kier alpha value is -2.69. The number of anilines is 2. The zero-order chi connectivity index (χ0) is 20.5. The van der Waals surface area contributed by atoms with Gasteiger partial charge >= 0.3 is 6.09 Å². The molecule has 0 bridgehead atoms. The molecule has 4 rings (SSSR count). The van der Waals surface area contributed by atoms with E-state index in [1.807, 2.05) is 19.9 Å². The van der Waals surface area contributed by atoms with Gasteiger partial charge < -0.3 is 15.4 Å². The number of H-pyrrole nitrogens is 1. The van der Waals surface area contributed by atoms with Crippen molar-refractivity contribution in [2.24, 2.45) is 0 Å². The van der Waals surface area contributed by atoms with E-state index in [0.717, 1.165) is 10.1 Å². The van der Waals surface area contributed by atoms with Crippen molar-refractivity contribution in [2.75, 3.05) is 5.32 Å². The molecule has 0 unspecified atom stereocenters. The molecule has 0 spiro atoms. The lowest BCUT2D eigenvalue weighted by Gasteiger charge is -2.18. The molecule has 3 aromatic rings. The zero-order valence-electron chi connectivity index (χ0n) is 15.9. The molecule has 3 atom stereocenters. The van der Waals surface area contributed by atoms with Crippen LogP contribution in [-0.4, -0.2) is 49.2 Å². The van der Waals surface area contributed by atoms with E-state index in [9.17, 15) is 9.18 Å². The summed E-state index contributed by atoms with van der Waals surface area (Å²) in [6, 6.07) is 3.52. The Bertz CT molecular complexity index is 1020. The van der Waals surface area contributed by atoms with Crippen LogP contribution in [0.1, 0.15) is 38.3 Å². The average Bonchev–Trinajstić information content (AvgIpc) is 3.38. The van der Waals surface area contributed by atoms with Gasteiger partial charge in [-0.15, -0.1) is 0 Å². The third-order valence-corrected chi connectivity index (χ3v) is 5.34. The molecular weight excluding hydrogens is 445 g/mol. The van der Waals surface area contributed by atoms with Gasteiger partial charge in [0.05, 0.1) is 12.4 Å². The molecule has 0 saturated heterocycles. The molecule has 0 aliphatic heterocycles. The van der Waals surface area contributed by atoms with Crippen LogP contribution in [0.3, 0.4) is 0 Å². The second-order valence-electron chi connectivity index (χ2n) is 7.26. The number of fused-ring (bicyclic) bond motifs is 1. The van der Waals surface area contributed by atoms with Crippen LogP contribution in [0.4, 0.5) is 20.8 Å². The molecule has 1 amide bonds. The number of hydrogen-bond donors (Lipinski definition) is 3. The fraction of sp³-hybridized carbons (Fsp3) is 0.444. The van der Waals surface area contributed by atoms with Gasteiger partial charge in [-0.3, -0.25) is 5.10 Å². The Morgan fingerprint density at radius 3 is 3.07 bits per heavy atom. The first-order valence-electron chi connectivity index (χ1n) is 9.34. The number of aromatic nitrogens is 5. The second-order valence-corrected chi connectivity index (χ2v) is 8.07. The van der Waals surface area contributed by atoms with E-state index in [1.165, 1.54) is 0 Å². The molecule has 154 valence electrons. The maximum absolute atomic E-state index is 14.9. The van der Waals surface area contributed by atoms with Crippen molar-refractivity contribution in [2.45, 2.75) is 50.9 Å². The predicted molar refractivity (Wildman–Crippen MR) is 108 cm³/mol. The lowest BCUT2D eigenvalue weighted by Crippen LogP contribution is -2.36. The molecule has 29 heavy (non-hydrogen) atoms. The molecule has 3 N–H and O–H groups in total. The first-order valence-corrected chi connectivity index (χ1v) is 10.1. The largest absolute Gasteiger partial charge is 0.443 e. The van der Waals surface area contributed by atoms with Gasteiger partial charge in [0.2, 0.25) is 0 Å². The standard InChI is InChI=1S/C18H21BrFN7O2/c1-9(2)23-18(28)29-13-4-3-10(16(13)20)11-7-15(26-25-11)24-17-12-5-6-22-27(12)14(19)8-21-17/h5-10,13,16H,3-4H2,1-2H3,(H,23,28)(H2,21,24,25,26)/t10-,13-,16+/m0/s1. The van der Waals surface area contributed by atoms with Gasteiger partial charge in [0.1, 0.15) is 22.4 Å². The van der Waals surface area contributed by atoms with E-state index in [0.29, 0.717) is 30.2 Å². The highest BCUT2D eigenvalue weighted by atomic mass is 79.9. The number of rotatable bonds is 5. The minimum Gasteiger partial charge on any atom is -0.443 e. The molecule has 0 aromatic carbocycles. The van der Waals surface area contributed by atoms with E-state index in [-0.39, 0.29) is 6.04 Å². The van der Waals surface area contributed by atoms with Gasteiger partial charge in [-0.25, -0.2) is 18.7 Å². The highest BCUT2D eigenvalue weighted by molar-refractivity contribution is 9.10. The van der Waals surface area contributed by atoms with E-state index in [4.69, 9.17) is 4.74 Å². The van der Waals surface area contributed by atoms with Gasteiger partial charge in [-0.1, -0.05) is 0 Å². The number of carbonyl (C=O) groups is 1. The Balaban J connectivity index is 1.44. The SMILES string of the molecule is CC(C)NC(=O)O[C@H]1CC[C@@H](c2cc(Nc3ncc(Br)n4nccc34)n[nH]2)[C@H]1F. The number of alkyl carbamates (subject to hydrolysis) is 1. The van der Waals surface area contributed by atoms with Crippen LogP contribution in [0, 0.1) is 0 Å². The Labute approximate surface area is 174 Å². The number of nitrogens with one attached hydrogen (secondary N) is 3. The first-order chi connectivity index (χ1) is 13.9. The molecule has 1 aliphatic rings. The summed E-state index contributed by atoms with van der Waals surface area (Å²) in [6.45, 7) is 3.64. The van der Waals surface area contributed by atoms with Crippen molar-refractivity contribution in [3.8, 4) is 0 Å². The Morgan fingerprint density at radius 2 is 2.28 bits per heavy atom. The number of alkyl halides is 1. The maximum Gasteiger partial charge on any atom is 0.407 e. The Kier molecular flexibility index (Phi) is 5.39. The van der Waals surface area contributed by atoms with Gasteiger partial charge in [-0.05, 0) is 48.7 Å². The average molecular weight is 466 g/mol. The van der Waals surface area contributed by atoms with E-state index in [2.05, 4.69) is 46.8 Å². The van der Waals surface area contributed by atoms with E-state index < -0.39 is 24.3 Å². The Morgan fingerprint density at radius 1 is 1.45 bits per heavy atom. The highest BCUT2D eigenvalue weighted by Gasteiger charge is 2.40. The molecule has 1 saturated carbocycles. The number of aromatic amines is 1. The van der Waals surface area contributed by atoms with Crippen molar-refractivity contribution < 1.29 is 13.9 Å². The van der Waals surface area contributed by atoms with Gasteiger partial charge in [-0.2, -0.15) is 10.2 Å². The summed E-state index contributed by atoms with van der Waals surface area (Å²) in [5.74, 6) is 0.688. The van der Waals surface area contributed by atoms with Crippen LogP contribution >= 0.6 is 15.9 Å². The predicted octanol–water partition coefficient (Wildman–Crippen LogP) is 3.68. The molecule has 3 aromatic heterocycles. The summed E-state index contributed by atoms with van der Waals surface area (Å²) in [6.07, 6.45) is 1.67. The third kappa shape index (κ3) is 4.04. The van der Waals surface area contributed by atoms with Crippen LogP contribution < -0.4 is 10.6 Å². The number of nitrogens with zero attached hydrogens (tertiary/aromatic N) is 4. The molecule has 3 heterocycles. The molecule has 1 fully saturated rings. The quantitative estimate of drug-likeness (QED) is 0.530. The summed E-state index contributed by atoms with van der Waals surface area (Å²) in [4.78, 5) is 16.1. The number of ether oxygens (including phenoxy) is 1. The molecule has 0 radical (unpaired) electrons. The van der Waals surface area contributed by atoms with Crippen molar-refractivity contribution in [1.29, 1.82) is 0 Å². The lowest BCUT2D eigenvalue weighted by molar-refractivity contribution is 0.0555. The normalized spacial score (nSPS) is 21.6. The summed E-state index contributed by atoms with van der Waals surface area (Å²) in [7, 11) is 0. The molecule has 11 heteroatoms. The molecule has 9 nitrogen and oxygen atoms in total. The van der Waals surface area contributed by atoms with Crippen LogP contribution in [0.25, 0.3) is 5.52 Å². The summed E-state index contributed by atoms with van der Waals surface area (Å²) >= 11 is 3.39. The van der Waals surface area contributed by atoms with Crippen molar-refractivity contribution in [3.63, 3.8) is 0 Å². The number of halogens is 2. The maximum atomic E-state index is 14.9. The van der Waals surface area contributed by atoms with Gasteiger partial charge in [0.25, 0.3) is 0 Å². The summed E-state index contributed by atoms with van der Waals surface area (Å²) in [5, 5.41) is 17.1.